The molecule has 6 heteroatoms. The smallest absolute Gasteiger partial charge is 0.236 e. The third-order valence-electron chi connectivity index (χ3n) is 3.38. The molecule has 0 aliphatic rings. The van der Waals surface area contributed by atoms with Gasteiger partial charge in [0.05, 0.1) is 19.1 Å². The van der Waals surface area contributed by atoms with Gasteiger partial charge in [-0.15, -0.1) is 0 Å². The molecule has 0 atom stereocenters. The number of nitrogens with one attached hydrogen (secondary N) is 2. The Morgan fingerprint density at radius 2 is 1.57 bits per heavy atom. The number of hydrogen-bond donors (Lipinski definition) is 4. The summed E-state index contributed by atoms with van der Waals surface area (Å²) >= 11 is 0. The second-order valence-electron chi connectivity index (χ2n) is 4.99. The predicted octanol–water partition coefficient (Wildman–Crippen LogP) is 1.84. The van der Waals surface area contributed by atoms with Crippen LogP contribution in [-0.2, 0) is 9.53 Å². The molecule has 4 N–H and O–H groups in total. The van der Waals surface area contributed by atoms with Crippen LogP contribution >= 0.6 is 0 Å². The van der Waals surface area contributed by atoms with Crippen molar-refractivity contribution in [3.8, 4) is 11.5 Å². The van der Waals surface area contributed by atoms with Crippen molar-refractivity contribution < 1.29 is 19.7 Å². The first-order valence-electron chi connectivity index (χ1n) is 7.22. The Balaban J connectivity index is 2.24. The molecule has 0 unspecified atom stereocenters. The van der Waals surface area contributed by atoms with Gasteiger partial charge in [0.15, 0.2) is 0 Å². The highest BCUT2D eigenvalue weighted by Crippen LogP contribution is 2.33. The van der Waals surface area contributed by atoms with Gasteiger partial charge in [0.2, 0.25) is 5.91 Å². The summed E-state index contributed by atoms with van der Waals surface area (Å²) in [5.41, 5.74) is 6.53. The molecule has 0 bridgehead atoms. The van der Waals surface area contributed by atoms with Crippen LogP contribution in [0.3, 0.4) is 0 Å². The molecule has 0 spiro atoms. The molecule has 0 heterocycles. The Morgan fingerprint density at radius 3 is 2.04 bits per heavy atom. The highest BCUT2D eigenvalue weighted by Gasteiger charge is 2.20. The van der Waals surface area contributed by atoms with E-state index in [1.807, 2.05) is 0 Å². The number of methoxy groups -OCH3 is 1. The summed E-state index contributed by atoms with van der Waals surface area (Å²) in [6, 6.07) is 12.9. The summed E-state index contributed by atoms with van der Waals surface area (Å²) in [5.74, 6) is -0.110. The fraction of sp³-hybridized carbons (Fsp3) is 0.235. The fourth-order valence-corrected chi connectivity index (χ4v) is 2.20. The van der Waals surface area contributed by atoms with Gasteiger partial charge in [-0.1, -0.05) is 36.4 Å². The zero-order valence-corrected chi connectivity index (χ0v) is 12.8. The summed E-state index contributed by atoms with van der Waals surface area (Å²) in [5, 5.41) is 20.2. The van der Waals surface area contributed by atoms with Crippen molar-refractivity contribution in [3.05, 3.63) is 59.7 Å². The Morgan fingerprint density at radius 1 is 1.04 bits per heavy atom. The van der Waals surface area contributed by atoms with Crippen LogP contribution in [0.25, 0.3) is 0 Å². The third-order valence-corrected chi connectivity index (χ3v) is 3.38. The minimum absolute atomic E-state index is 0.0689. The van der Waals surface area contributed by atoms with Gasteiger partial charge >= 0.3 is 0 Å². The lowest BCUT2D eigenvalue weighted by Crippen LogP contribution is -2.40. The normalized spacial score (nSPS) is 10.7. The van der Waals surface area contributed by atoms with Crippen molar-refractivity contribution in [2.45, 2.75) is 12.5 Å². The number of rotatable bonds is 7. The Kier molecular flexibility index (Phi) is 5.96. The maximum atomic E-state index is 11.8. The van der Waals surface area contributed by atoms with Crippen molar-refractivity contribution in [1.82, 2.24) is 10.9 Å². The minimum atomic E-state index is -0.594. The number of benzene rings is 2. The van der Waals surface area contributed by atoms with Crippen molar-refractivity contribution >= 4 is 5.91 Å². The molecule has 122 valence electrons. The first kappa shape index (κ1) is 16.8. The van der Waals surface area contributed by atoms with Gasteiger partial charge in [0.1, 0.15) is 11.5 Å². The SMILES string of the molecule is COCCC(=O)NNC(c1ccccc1O)c1ccccc1O. The fourth-order valence-electron chi connectivity index (χ4n) is 2.20. The van der Waals surface area contributed by atoms with Crippen molar-refractivity contribution in [2.75, 3.05) is 13.7 Å². The zero-order valence-electron chi connectivity index (χ0n) is 12.8. The second kappa shape index (κ2) is 8.17. The number of para-hydroxylation sites is 2. The quantitative estimate of drug-likeness (QED) is 0.585. The maximum absolute atomic E-state index is 11.8. The molecule has 0 radical (unpaired) electrons. The van der Waals surface area contributed by atoms with Crippen LogP contribution in [0.4, 0.5) is 0 Å². The molecule has 0 aromatic heterocycles. The van der Waals surface area contributed by atoms with E-state index < -0.39 is 6.04 Å². The van der Waals surface area contributed by atoms with Crippen LogP contribution in [0, 0.1) is 0 Å². The third kappa shape index (κ3) is 4.45. The molecule has 23 heavy (non-hydrogen) atoms. The van der Waals surface area contributed by atoms with Gasteiger partial charge in [0.25, 0.3) is 0 Å². The average molecular weight is 316 g/mol. The van der Waals surface area contributed by atoms with E-state index in [-0.39, 0.29) is 23.8 Å². The van der Waals surface area contributed by atoms with Gasteiger partial charge in [-0.25, -0.2) is 5.43 Å². The number of ether oxygens (including phenoxy) is 1. The van der Waals surface area contributed by atoms with Gasteiger partial charge in [0, 0.05) is 18.2 Å². The van der Waals surface area contributed by atoms with Gasteiger partial charge in [-0.05, 0) is 12.1 Å². The molecular weight excluding hydrogens is 296 g/mol. The van der Waals surface area contributed by atoms with E-state index in [2.05, 4.69) is 10.9 Å². The number of carbonyl (C=O) groups is 1. The lowest BCUT2D eigenvalue weighted by Gasteiger charge is -2.22. The van der Waals surface area contributed by atoms with E-state index in [4.69, 9.17) is 4.74 Å². The maximum Gasteiger partial charge on any atom is 0.236 e. The number of phenolic OH excluding ortho intramolecular Hbond substituents is 2. The lowest BCUT2D eigenvalue weighted by atomic mass is 9.97. The standard InChI is InChI=1S/C17H20N2O4/c1-23-11-10-16(22)18-19-17(12-6-2-4-8-14(12)20)13-7-3-5-9-15(13)21/h2-9,17,19-21H,10-11H2,1H3,(H,18,22). The summed E-state index contributed by atoms with van der Waals surface area (Å²) < 4.78 is 4.86. The van der Waals surface area contributed by atoms with E-state index in [1.165, 1.54) is 7.11 Å². The Bertz CT molecular complexity index is 615. The predicted molar refractivity (Wildman–Crippen MR) is 85.8 cm³/mol. The van der Waals surface area contributed by atoms with Gasteiger partial charge in [-0.2, -0.15) is 0 Å². The van der Waals surface area contributed by atoms with Crippen molar-refractivity contribution in [2.24, 2.45) is 0 Å². The van der Waals surface area contributed by atoms with E-state index >= 15 is 0 Å². The monoisotopic (exact) mass is 316 g/mol. The Hall–Kier alpha value is -2.57. The first-order valence-corrected chi connectivity index (χ1v) is 7.22. The minimum Gasteiger partial charge on any atom is -0.508 e. The van der Waals surface area contributed by atoms with E-state index in [0.29, 0.717) is 17.7 Å². The van der Waals surface area contributed by atoms with E-state index in [1.54, 1.807) is 48.5 Å². The molecule has 2 aromatic rings. The number of hydrogen-bond acceptors (Lipinski definition) is 5. The van der Waals surface area contributed by atoms with Crippen LogP contribution in [0.5, 0.6) is 11.5 Å². The van der Waals surface area contributed by atoms with E-state index in [9.17, 15) is 15.0 Å². The molecule has 0 fully saturated rings. The van der Waals surface area contributed by atoms with Crippen molar-refractivity contribution in [3.63, 3.8) is 0 Å². The highest BCUT2D eigenvalue weighted by atomic mass is 16.5. The highest BCUT2D eigenvalue weighted by molar-refractivity contribution is 5.75. The number of aromatic hydroxyl groups is 2. The molecule has 0 aliphatic carbocycles. The largest absolute Gasteiger partial charge is 0.508 e. The van der Waals surface area contributed by atoms with Crippen LogP contribution in [-0.4, -0.2) is 29.8 Å². The van der Waals surface area contributed by atoms with Crippen LogP contribution in [0.1, 0.15) is 23.6 Å². The molecule has 6 nitrogen and oxygen atoms in total. The van der Waals surface area contributed by atoms with E-state index in [0.717, 1.165) is 0 Å². The van der Waals surface area contributed by atoms with Crippen LogP contribution < -0.4 is 10.9 Å². The van der Waals surface area contributed by atoms with Crippen LogP contribution in [0.2, 0.25) is 0 Å². The summed E-state index contributed by atoms with van der Waals surface area (Å²) in [4.78, 5) is 11.8. The number of carbonyl (C=O) groups excluding carboxylic acids is 1. The van der Waals surface area contributed by atoms with Gasteiger partial charge in [-0.3, -0.25) is 10.2 Å². The lowest BCUT2D eigenvalue weighted by molar-refractivity contribution is -0.123. The molecule has 2 aromatic carbocycles. The number of hydrazine groups is 1. The molecular formula is C17H20N2O4. The Labute approximate surface area is 134 Å². The molecule has 0 saturated heterocycles. The van der Waals surface area contributed by atoms with Crippen molar-refractivity contribution in [1.29, 1.82) is 0 Å². The first-order chi connectivity index (χ1) is 11.1. The number of amides is 1. The number of phenols is 2. The second-order valence-corrected chi connectivity index (χ2v) is 4.99. The van der Waals surface area contributed by atoms with Crippen LogP contribution in [0.15, 0.2) is 48.5 Å². The summed E-state index contributed by atoms with van der Waals surface area (Å²) in [6.07, 6.45) is 0.206. The molecule has 1 amide bonds. The molecule has 0 aliphatic heterocycles. The topological polar surface area (TPSA) is 90.8 Å². The summed E-state index contributed by atoms with van der Waals surface area (Å²) in [6.45, 7) is 0.311. The molecule has 0 saturated carbocycles. The van der Waals surface area contributed by atoms with Gasteiger partial charge < -0.3 is 14.9 Å². The summed E-state index contributed by atoms with van der Waals surface area (Å²) in [7, 11) is 1.52. The average Bonchev–Trinajstić information content (AvgIpc) is 2.56. The molecule has 2 rings (SSSR count). The zero-order chi connectivity index (χ0) is 16.7.